The highest BCUT2D eigenvalue weighted by Crippen LogP contribution is 2.36. The van der Waals surface area contributed by atoms with Crippen molar-refractivity contribution in [3.63, 3.8) is 0 Å². The van der Waals surface area contributed by atoms with E-state index in [0.717, 1.165) is 46.6 Å². The fourth-order valence-electron chi connectivity index (χ4n) is 3.91. The molecule has 2 heterocycles. The normalized spacial score (nSPS) is 16.5. The summed E-state index contributed by atoms with van der Waals surface area (Å²) in [6.07, 6.45) is 5.04. The number of aryl methyl sites for hydroxylation is 1. The maximum absolute atomic E-state index is 11.8. The molecule has 4 rings (SSSR count). The van der Waals surface area contributed by atoms with Crippen LogP contribution in [0.3, 0.4) is 0 Å². The highest BCUT2D eigenvalue weighted by Gasteiger charge is 2.26. The van der Waals surface area contributed by atoms with Crippen molar-refractivity contribution in [3.05, 3.63) is 46.8 Å². The predicted octanol–water partition coefficient (Wildman–Crippen LogP) is 3.57. The molecule has 0 bridgehead atoms. The Bertz CT molecular complexity index is 1040. The second kappa shape index (κ2) is 6.98. The first-order valence-electron chi connectivity index (χ1n) is 8.94. The van der Waals surface area contributed by atoms with E-state index >= 15 is 0 Å². The number of carbonyl (C=O) groups is 1. The molecule has 6 nitrogen and oxygen atoms in total. The van der Waals surface area contributed by atoms with Gasteiger partial charge in [-0.1, -0.05) is 6.07 Å². The summed E-state index contributed by atoms with van der Waals surface area (Å²) >= 11 is 1.63. The van der Waals surface area contributed by atoms with Crippen LogP contribution in [0.15, 0.2) is 29.3 Å². The van der Waals surface area contributed by atoms with Crippen LogP contribution in [0.1, 0.15) is 46.3 Å². The van der Waals surface area contributed by atoms with E-state index in [-0.39, 0.29) is 6.10 Å². The fraction of sp³-hybridized carbons (Fsp3) is 0.350. The van der Waals surface area contributed by atoms with Crippen molar-refractivity contribution in [2.24, 2.45) is 5.73 Å². The summed E-state index contributed by atoms with van der Waals surface area (Å²) in [6, 6.07) is 7.51. The molecule has 0 fully saturated rings. The minimum atomic E-state index is -0.437. The third-order valence-electron chi connectivity index (χ3n) is 5.16. The summed E-state index contributed by atoms with van der Waals surface area (Å²) in [5.41, 5.74) is 10.1. The van der Waals surface area contributed by atoms with Crippen molar-refractivity contribution >= 4 is 28.6 Å². The molecule has 7 heteroatoms. The van der Waals surface area contributed by atoms with Crippen LogP contribution in [0, 0.1) is 6.92 Å². The number of nitrogens with zero attached hydrogens (tertiary/aromatic N) is 3. The van der Waals surface area contributed by atoms with E-state index in [4.69, 9.17) is 20.4 Å². The van der Waals surface area contributed by atoms with Gasteiger partial charge in [0, 0.05) is 29.3 Å². The number of hydrogen-bond donors (Lipinski definition) is 1. The van der Waals surface area contributed by atoms with E-state index in [1.165, 1.54) is 5.56 Å². The number of benzene rings is 1. The van der Waals surface area contributed by atoms with Gasteiger partial charge in [-0.05, 0) is 50.6 Å². The maximum Gasteiger partial charge on any atom is 0.249 e. The van der Waals surface area contributed by atoms with E-state index in [2.05, 4.69) is 0 Å². The SMILES string of the molecule is CO[C@H]1CCCc2c(SC)nc(-n3c(C)cc4c(C(N)=O)cccc43)nc21. The quantitative estimate of drug-likeness (QED) is 0.551. The molecule has 1 aliphatic carbocycles. The van der Waals surface area contributed by atoms with E-state index in [1.54, 1.807) is 24.9 Å². The Labute approximate surface area is 162 Å². The second-order valence-electron chi connectivity index (χ2n) is 6.74. The van der Waals surface area contributed by atoms with Gasteiger partial charge in [-0.2, -0.15) is 0 Å². The van der Waals surface area contributed by atoms with Crippen molar-refractivity contribution < 1.29 is 9.53 Å². The van der Waals surface area contributed by atoms with E-state index in [9.17, 15) is 4.79 Å². The Balaban J connectivity index is 1.98. The molecular weight excluding hydrogens is 360 g/mol. The number of aromatic nitrogens is 3. The van der Waals surface area contributed by atoms with Crippen molar-refractivity contribution in [2.75, 3.05) is 13.4 Å². The lowest BCUT2D eigenvalue weighted by Crippen LogP contribution is -2.18. The molecule has 1 aliphatic rings. The zero-order chi connectivity index (χ0) is 19.1. The Kier molecular flexibility index (Phi) is 4.65. The third-order valence-corrected chi connectivity index (χ3v) is 5.89. The number of ether oxygens (including phenoxy) is 1. The summed E-state index contributed by atoms with van der Waals surface area (Å²) in [5.74, 6) is 0.171. The molecule has 1 aromatic carbocycles. The van der Waals surface area contributed by atoms with Gasteiger partial charge in [0.2, 0.25) is 11.9 Å². The molecule has 1 amide bonds. The molecule has 0 radical (unpaired) electrons. The van der Waals surface area contributed by atoms with Gasteiger partial charge in [0.1, 0.15) is 5.03 Å². The van der Waals surface area contributed by atoms with Crippen LogP contribution in [-0.4, -0.2) is 33.8 Å². The maximum atomic E-state index is 11.8. The summed E-state index contributed by atoms with van der Waals surface area (Å²) in [7, 11) is 1.73. The van der Waals surface area contributed by atoms with Gasteiger partial charge < -0.3 is 10.5 Å². The average Bonchev–Trinajstić information content (AvgIpc) is 3.01. The summed E-state index contributed by atoms with van der Waals surface area (Å²) in [4.78, 5) is 21.6. The molecule has 140 valence electrons. The summed E-state index contributed by atoms with van der Waals surface area (Å²) in [5, 5.41) is 1.81. The first-order valence-corrected chi connectivity index (χ1v) is 10.2. The molecule has 0 saturated carbocycles. The average molecular weight is 382 g/mol. The smallest absolute Gasteiger partial charge is 0.249 e. The van der Waals surface area contributed by atoms with Crippen molar-refractivity contribution in [2.45, 2.75) is 37.3 Å². The fourth-order valence-corrected chi connectivity index (χ4v) is 4.54. The van der Waals surface area contributed by atoms with Crippen molar-refractivity contribution in [1.82, 2.24) is 14.5 Å². The van der Waals surface area contributed by atoms with Crippen LogP contribution in [0.4, 0.5) is 0 Å². The summed E-state index contributed by atoms with van der Waals surface area (Å²) < 4.78 is 7.68. The van der Waals surface area contributed by atoms with Crippen LogP contribution in [0.25, 0.3) is 16.9 Å². The number of primary amides is 1. The molecule has 2 N–H and O–H groups in total. The van der Waals surface area contributed by atoms with Crippen LogP contribution < -0.4 is 5.73 Å². The van der Waals surface area contributed by atoms with Crippen molar-refractivity contribution in [3.8, 4) is 5.95 Å². The number of fused-ring (bicyclic) bond motifs is 2. The van der Waals surface area contributed by atoms with Gasteiger partial charge >= 0.3 is 0 Å². The van der Waals surface area contributed by atoms with Gasteiger partial charge in [0.15, 0.2) is 0 Å². The Morgan fingerprint density at radius 2 is 2.19 bits per heavy atom. The molecular formula is C20H22N4O2S. The number of amides is 1. The Morgan fingerprint density at radius 1 is 1.37 bits per heavy atom. The molecule has 2 aromatic heterocycles. The van der Waals surface area contributed by atoms with Gasteiger partial charge in [-0.3, -0.25) is 9.36 Å². The molecule has 0 aliphatic heterocycles. The first-order chi connectivity index (χ1) is 13.0. The Hall–Kier alpha value is -2.38. The lowest BCUT2D eigenvalue weighted by molar-refractivity contribution is 0.0834. The lowest BCUT2D eigenvalue weighted by atomic mass is 9.95. The molecule has 27 heavy (non-hydrogen) atoms. The number of thioether (sulfide) groups is 1. The van der Waals surface area contributed by atoms with Crippen LogP contribution >= 0.6 is 11.8 Å². The van der Waals surface area contributed by atoms with E-state index in [0.29, 0.717) is 11.5 Å². The zero-order valence-electron chi connectivity index (χ0n) is 15.7. The van der Waals surface area contributed by atoms with E-state index < -0.39 is 5.91 Å². The van der Waals surface area contributed by atoms with Gasteiger partial charge in [0.05, 0.1) is 17.3 Å². The van der Waals surface area contributed by atoms with Crippen LogP contribution in [0.5, 0.6) is 0 Å². The third kappa shape index (κ3) is 2.91. The largest absolute Gasteiger partial charge is 0.375 e. The zero-order valence-corrected chi connectivity index (χ0v) is 16.5. The minimum Gasteiger partial charge on any atom is -0.375 e. The Morgan fingerprint density at radius 3 is 2.89 bits per heavy atom. The first kappa shape index (κ1) is 18.0. The van der Waals surface area contributed by atoms with Crippen LogP contribution in [0.2, 0.25) is 0 Å². The number of hydrogen-bond acceptors (Lipinski definition) is 5. The van der Waals surface area contributed by atoms with E-state index in [1.807, 2.05) is 35.9 Å². The van der Waals surface area contributed by atoms with Gasteiger partial charge in [-0.15, -0.1) is 11.8 Å². The second-order valence-corrected chi connectivity index (χ2v) is 7.53. The topological polar surface area (TPSA) is 83.0 Å². The molecule has 0 unspecified atom stereocenters. The van der Waals surface area contributed by atoms with Crippen LogP contribution in [-0.2, 0) is 11.2 Å². The van der Waals surface area contributed by atoms with Gasteiger partial charge in [0.25, 0.3) is 0 Å². The van der Waals surface area contributed by atoms with Gasteiger partial charge in [-0.25, -0.2) is 9.97 Å². The highest BCUT2D eigenvalue weighted by molar-refractivity contribution is 7.98. The predicted molar refractivity (Wildman–Crippen MR) is 107 cm³/mol. The lowest BCUT2D eigenvalue weighted by Gasteiger charge is -2.25. The number of methoxy groups -OCH3 is 1. The highest BCUT2D eigenvalue weighted by atomic mass is 32.2. The molecule has 1 atom stereocenters. The monoisotopic (exact) mass is 382 g/mol. The summed E-state index contributed by atoms with van der Waals surface area (Å²) in [6.45, 7) is 1.99. The standard InChI is InChI=1S/C20H22N4O2S/c1-11-10-14-12(18(21)25)6-4-8-15(14)24(11)20-22-17-13(19(23-20)27-3)7-5-9-16(17)26-2/h4,6,8,10,16H,5,7,9H2,1-3H3,(H2,21,25)/t16-/m0/s1. The molecule has 0 saturated heterocycles. The molecule has 3 aromatic rings. The minimum absolute atomic E-state index is 0.00952. The molecule has 0 spiro atoms. The number of rotatable bonds is 4. The number of nitrogens with two attached hydrogens (primary N) is 1. The van der Waals surface area contributed by atoms with Crippen molar-refractivity contribution in [1.29, 1.82) is 0 Å². The number of carbonyl (C=O) groups excluding carboxylic acids is 1.